The van der Waals surface area contributed by atoms with Gasteiger partial charge in [0.05, 0.1) is 0 Å². The zero-order chi connectivity index (χ0) is 13.1. The zero-order valence-corrected chi connectivity index (χ0v) is 10.1. The van der Waals surface area contributed by atoms with Gasteiger partial charge >= 0.3 is 0 Å². The third-order valence-corrected chi connectivity index (χ3v) is 2.82. The zero-order valence-electron chi connectivity index (χ0n) is 10.1. The number of carbonyl (C=O) groups excluding carboxylic acids is 2. The van der Waals surface area contributed by atoms with E-state index in [2.05, 4.69) is 20.5 Å². The molecule has 0 radical (unpaired) electrons. The van der Waals surface area contributed by atoms with Crippen LogP contribution >= 0.6 is 0 Å². The molecule has 2 rings (SSSR count). The molecule has 1 aromatic heterocycles. The first-order chi connectivity index (χ1) is 8.56. The van der Waals surface area contributed by atoms with E-state index >= 15 is 0 Å². The van der Waals surface area contributed by atoms with E-state index in [4.69, 9.17) is 5.73 Å². The number of carbonyl (C=O) groups is 2. The molecule has 1 saturated heterocycles. The third-order valence-electron chi connectivity index (χ3n) is 2.82. The second kappa shape index (κ2) is 5.03. The third kappa shape index (κ3) is 2.76. The molecule has 1 unspecified atom stereocenters. The Bertz CT molecular complexity index is 457. The van der Waals surface area contributed by atoms with Crippen LogP contribution in [-0.4, -0.2) is 51.0 Å². The lowest BCUT2D eigenvalue weighted by molar-refractivity contribution is -0.120. The number of anilines is 1. The molecular weight excluding hydrogens is 236 g/mol. The summed E-state index contributed by atoms with van der Waals surface area (Å²) in [4.78, 5) is 28.5. The number of nitrogen functional groups attached to an aromatic ring is 1. The van der Waals surface area contributed by atoms with Crippen molar-refractivity contribution in [3.05, 3.63) is 5.82 Å². The Balaban J connectivity index is 2.00. The topological polar surface area (TPSA) is 117 Å². The molecular formula is C10H16N6O2. The number of amides is 2. The number of aromatic amines is 1. The van der Waals surface area contributed by atoms with Crippen molar-refractivity contribution in [1.29, 1.82) is 0 Å². The fourth-order valence-corrected chi connectivity index (χ4v) is 2.09. The minimum Gasteiger partial charge on any atom is -0.366 e. The summed E-state index contributed by atoms with van der Waals surface area (Å²) < 4.78 is 0. The summed E-state index contributed by atoms with van der Waals surface area (Å²) >= 11 is 0. The monoisotopic (exact) mass is 252 g/mol. The second-order valence-corrected chi connectivity index (χ2v) is 4.33. The highest BCUT2D eigenvalue weighted by molar-refractivity contribution is 5.90. The maximum Gasteiger partial charge on any atom is 0.291 e. The number of likely N-dealkylation sites (tertiary alicyclic amines) is 1. The first-order valence-electron chi connectivity index (χ1n) is 5.80. The quantitative estimate of drug-likeness (QED) is 0.632. The van der Waals surface area contributed by atoms with E-state index in [0.717, 1.165) is 12.8 Å². The number of nitrogens with two attached hydrogens (primary N) is 1. The van der Waals surface area contributed by atoms with Gasteiger partial charge in [-0.15, -0.1) is 5.10 Å². The van der Waals surface area contributed by atoms with Crippen LogP contribution in [-0.2, 0) is 4.79 Å². The normalized spacial score (nSPS) is 19.6. The number of hydrogen-bond acceptors (Lipinski definition) is 5. The summed E-state index contributed by atoms with van der Waals surface area (Å²) in [5.41, 5.74) is 5.36. The van der Waals surface area contributed by atoms with Crippen LogP contribution in [0.4, 0.5) is 5.95 Å². The van der Waals surface area contributed by atoms with Gasteiger partial charge in [-0.25, -0.2) is 0 Å². The van der Waals surface area contributed by atoms with Gasteiger partial charge in [-0.1, -0.05) is 0 Å². The van der Waals surface area contributed by atoms with Crippen molar-refractivity contribution in [2.75, 3.05) is 18.8 Å². The van der Waals surface area contributed by atoms with Gasteiger partial charge in [0, 0.05) is 26.1 Å². The minimum atomic E-state index is -0.241. The summed E-state index contributed by atoms with van der Waals surface area (Å²) in [6.07, 6.45) is 1.72. The average Bonchev–Trinajstić information content (AvgIpc) is 2.74. The van der Waals surface area contributed by atoms with Crippen LogP contribution in [0.1, 0.15) is 30.4 Å². The van der Waals surface area contributed by atoms with E-state index < -0.39 is 0 Å². The Morgan fingerprint density at radius 3 is 2.94 bits per heavy atom. The highest BCUT2D eigenvalue weighted by atomic mass is 16.2. The van der Waals surface area contributed by atoms with Crippen LogP contribution in [0.3, 0.4) is 0 Å². The lowest BCUT2D eigenvalue weighted by atomic mass is 10.1. The summed E-state index contributed by atoms with van der Waals surface area (Å²) in [7, 11) is 0. The minimum absolute atomic E-state index is 0.000434. The van der Waals surface area contributed by atoms with Crippen LogP contribution in [0.5, 0.6) is 0 Å². The van der Waals surface area contributed by atoms with Gasteiger partial charge in [0.1, 0.15) is 0 Å². The van der Waals surface area contributed by atoms with Gasteiger partial charge in [-0.3, -0.25) is 14.7 Å². The highest BCUT2D eigenvalue weighted by Crippen LogP contribution is 2.12. The highest BCUT2D eigenvalue weighted by Gasteiger charge is 2.26. The molecule has 1 aliphatic rings. The molecule has 8 nitrogen and oxygen atoms in total. The Morgan fingerprint density at radius 2 is 2.33 bits per heavy atom. The fourth-order valence-electron chi connectivity index (χ4n) is 2.09. The molecule has 2 amide bonds. The van der Waals surface area contributed by atoms with Crippen LogP contribution in [0, 0.1) is 0 Å². The van der Waals surface area contributed by atoms with Crippen LogP contribution in [0.2, 0.25) is 0 Å². The molecule has 4 N–H and O–H groups in total. The van der Waals surface area contributed by atoms with Gasteiger partial charge in [-0.2, -0.15) is 4.98 Å². The van der Waals surface area contributed by atoms with E-state index in [1.54, 1.807) is 4.90 Å². The van der Waals surface area contributed by atoms with Crippen molar-refractivity contribution in [2.45, 2.75) is 25.8 Å². The lowest BCUT2D eigenvalue weighted by Crippen LogP contribution is -2.49. The standard InChI is InChI=1S/C10H16N6O2/c1-6(17)12-7-3-2-4-16(5-7)9(18)8-13-10(11)15-14-8/h7H,2-5H2,1H3,(H,12,17)(H3,11,13,14,15). The number of nitrogens with zero attached hydrogens (tertiary/aromatic N) is 3. The molecule has 0 saturated carbocycles. The van der Waals surface area contributed by atoms with Crippen molar-refractivity contribution >= 4 is 17.8 Å². The SMILES string of the molecule is CC(=O)NC1CCCN(C(=O)c2nc(N)n[nH]2)C1. The number of piperidine rings is 1. The van der Waals surface area contributed by atoms with E-state index in [1.165, 1.54) is 6.92 Å². The molecule has 1 fully saturated rings. The Kier molecular flexibility index (Phi) is 3.45. The number of H-pyrrole nitrogens is 1. The summed E-state index contributed by atoms with van der Waals surface area (Å²) in [6, 6.07) is 0.000434. The van der Waals surface area contributed by atoms with Crippen molar-refractivity contribution in [3.8, 4) is 0 Å². The lowest BCUT2D eigenvalue weighted by Gasteiger charge is -2.32. The van der Waals surface area contributed by atoms with Crippen molar-refractivity contribution < 1.29 is 9.59 Å². The molecule has 1 atom stereocenters. The number of nitrogens with one attached hydrogen (secondary N) is 2. The summed E-state index contributed by atoms with van der Waals surface area (Å²) in [5.74, 6) is -0.141. The molecule has 0 bridgehead atoms. The molecule has 18 heavy (non-hydrogen) atoms. The van der Waals surface area contributed by atoms with Gasteiger partial charge in [0.2, 0.25) is 17.7 Å². The van der Waals surface area contributed by atoms with Gasteiger partial charge < -0.3 is 16.0 Å². The molecule has 0 aromatic carbocycles. The predicted octanol–water partition coefficient (Wildman–Crippen LogP) is -0.872. The van der Waals surface area contributed by atoms with Crippen LogP contribution in [0.15, 0.2) is 0 Å². The molecule has 1 aromatic rings. The second-order valence-electron chi connectivity index (χ2n) is 4.33. The number of hydrogen-bond donors (Lipinski definition) is 3. The Morgan fingerprint density at radius 1 is 1.56 bits per heavy atom. The smallest absolute Gasteiger partial charge is 0.291 e. The van der Waals surface area contributed by atoms with Crippen LogP contribution in [0.25, 0.3) is 0 Å². The maximum absolute atomic E-state index is 12.1. The molecule has 0 spiro atoms. The predicted molar refractivity (Wildman–Crippen MR) is 63.5 cm³/mol. The average molecular weight is 252 g/mol. The van der Waals surface area contributed by atoms with Crippen molar-refractivity contribution in [3.63, 3.8) is 0 Å². The maximum atomic E-state index is 12.1. The van der Waals surface area contributed by atoms with Crippen LogP contribution < -0.4 is 11.1 Å². The van der Waals surface area contributed by atoms with E-state index in [-0.39, 0.29) is 29.6 Å². The van der Waals surface area contributed by atoms with E-state index in [1.807, 2.05) is 0 Å². The summed E-state index contributed by atoms with van der Waals surface area (Å²) in [6.45, 7) is 2.60. The van der Waals surface area contributed by atoms with Gasteiger partial charge in [-0.05, 0) is 12.8 Å². The first kappa shape index (κ1) is 12.3. The Labute approximate surface area is 104 Å². The van der Waals surface area contributed by atoms with Crippen molar-refractivity contribution in [2.24, 2.45) is 0 Å². The molecule has 0 aliphatic carbocycles. The van der Waals surface area contributed by atoms with Gasteiger partial charge in [0.25, 0.3) is 5.91 Å². The van der Waals surface area contributed by atoms with Crippen molar-refractivity contribution in [1.82, 2.24) is 25.4 Å². The Hall–Kier alpha value is -2.12. The molecule has 98 valence electrons. The van der Waals surface area contributed by atoms with E-state index in [9.17, 15) is 9.59 Å². The fraction of sp³-hybridized carbons (Fsp3) is 0.600. The van der Waals surface area contributed by atoms with Gasteiger partial charge in [0.15, 0.2) is 0 Å². The number of rotatable bonds is 2. The molecule has 1 aliphatic heterocycles. The molecule has 8 heteroatoms. The molecule has 2 heterocycles. The number of aromatic nitrogens is 3. The summed E-state index contributed by atoms with van der Waals surface area (Å²) in [5, 5.41) is 8.94. The first-order valence-corrected chi connectivity index (χ1v) is 5.80. The largest absolute Gasteiger partial charge is 0.366 e. The van der Waals surface area contributed by atoms with E-state index in [0.29, 0.717) is 13.1 Å².